The number of hydrogen-bond acceptors (Lipinski definition) is 7. The SMILES string of the molecule is CSCCC(NC=O)C(=O)OC(=O)[C@H](CCSC)NC=O. The fourth-order valence-electron chi connectivity index (χ4n) is 1.42. The molecular formula is C12H20N2O5S2. The molecule has 0 aliphatic carbocycles. The molecule has 0 spiro atoms. The Bertz CT molecular complexity index is 323. The summed E-state index contributed by atoms with van der Waals surface area (Å²) in [5.74, 6) is -0.361. The minimum Gasteiger partial charge on any atom is -0.390 e. The molecule has 9 heteroatoms. The molecule has 2 N–H and O–H groups in total. The van der Waals surface area contributed by atoms with E-state index in [0.29, 0.717) is 37.2 Å². The van der Waals surface area contributed by atoms with E-state index in [-0.39, 0.29) is 0 Å². The van der Waals surface area contributed by atoms with Crippen molar-refractivity contribution in [3.63, 3.8) is 0 Å². The largest absolute Gasteiger partial charge is 0.390 e. The molecule has 0 aliphatic rings. The molecule has 0 radical (unpaired) electrons. The zero-order valence-corrected chi connectivity index (χ0v) is 13.6. The zero-order valence-electron chi connectivity index (χ0n) is 12.0. The molecule has 0 aromatic rings. The Morgan fingerprint density at radius 2 is 1.33 bits per heavy atom. The van der Waals surface area contributed by atoms with Gasteiger partial charge in [-0.1, -0.05) is 0 Å². The normalized spacial score (nSPS) is 12.9. The van der Waals surface area contributed by atoms with Gasteiger partial charge < -0.3 is 15.4 Å². The monoisotopic (exact) mass is 336 g/mol. The first-order valence-electron chi connectivity index (χ1n) is 6.23. The molecule has 0 aromatic carbocycles. The summed E-state index contributed by atoms with van der Waals surface area (Å²) in [5, 5.41) is 4.64. The van der Waals surface area contributed by atoms with Gasteiger partial charge in [0.05, 0.1) is 0 Å². The summed E-state index contributed by atoms with van der Waals surface area (Å²) >= 11 is 3.02. The minimum atomic E-state index is -0.865. The van der Waals surface area contributed by atoms with Crippen molar-refractivity contribution in [3.05, 3.63) is 0 Å². The lowest BCUT2D eigenvalue weighted by Gasteiger charge is -2.17. The average molecular weight is 336 g/mol. The number of carbonyl (C=O) groups excluding carboxylic acids is 4. The highest BCUT2D eigenvalue weighted by Crippen LogP contribution is 2.06. The fraction of sp³-hybridized carbons (Fsp3) is 0.667. The van der Waals surface area contributed by atoms with Gasteiger partial charge in [0, 0.05) is 0 Å². The van der Waals surface area contributed by atoms with Crippen molar-refractivity contribution in [3.8, 4) is 0 Å². The summed E-state index contributed by atoms with van der Waals surface area (Å²) < 4.78 is 4.73. The van der Waals surface area contributed by atoms with Crippen molar-refractivity contribution < 1.29 is 23.9 Å². The number of carbonyl (C=O) groups is 4. The maximum atomic E-state index is 11.8. The Kier molecular flexibility index (Phi) is 11.8. The molecule has 0 saturated carbocycles. The number of ether oxygens (including phenoxy) is 1. The fourth-order valence-corrected chi connectivity index (χ4v) is 2.36. The van der Waals surface area contributed by atoms with Crippen LogP contribution in [0.1, 0.15) is 12.8 Å². The number of esters is 2. The topological polar surface area (TPSA) is 102 Å². The van der Waals surface area contributed by atoms with E-state index in [0.717, 1.165) is 0 Å². The van der Waals surface area contributed by atoms with E-state index in [9.17, 15) is 19.2 Å². The number of rotatable bonds is 12. The third-order valence-electron chi connectivity index (χ3n) is 2.53. The average Bonchev–Trinajstić information content (AvgIpc) is 2.47. The lowest BCUT2D eigenvalue weighted by Crippen LogP contribution is -2.43. The van der Waals surface area contributed by atoms with Gasteiger partial charge in [-0.15, -0.1) is 0 Å². The van der Waals surface area contributed by atoms with Crippen LogP contribution < -0.4 is 10.6 Å². The Morgan fingerprint density at radius 1 is 0.952 bits per heavy atom. The molecule has 0 aliphatic heterocycles. The second-order valence-electron chi connectivity index (χ2n) is 3.98. The van der Waals surface area contributed by atoms with Gasteiger partial charge in [-0.05, 0) is 36.9 Å². The van der Waals surface area contributed by atoms with Crippen LogP contribution >= 0.6 is 23.5 Å². The molecule has 0 fully saturated rings. The summed E-state index contributed by atoms with van der Waals surface area (Å²) in [7, 11) is 0. The van der Waals surface area contributed by atoms with Gasteiger partial charge in [0.2, 0.25) is 12.8 Å². The highest BCUT2D eigenvalue weighted by molar-refractivity contribution is 7.98. The molecule has 0 aromatic heterocycles. The molecule has 7 nitrogen and oxygen atoms in total. The van der Waals surface area contributed by atoms with Gasteiger partial charge in [-0.3, -0.25) is 9.59 Å². The van der Waals surface area contributed by atoms with Crippen LogP contribution in [0.25, 0.3) is 0 Å². The molecule has 1 unspecified atom stereocenters. The van der Waals surface area contributed by atoms with Crippen molar-refractivity contribution in [2.24, 2.45) is 0 Å². The van der Waals surface area contributed by atoms with Gasteiger partial charge in [0.25, 0.3) is 0 Å². The summed E-state index contributed by atoms with van der Waals surface area (Å²) in [6.07, 6.45) is 5.24. The van der Waals surface area contributed by atoms with Crippen molar-refractivity contribution in [2.75, 3.05) is 24.0 Å². The molecule has 0 bridgehead atoms. The Morgan fingerprint density at radius 3 is 1.62 bits per heavy atom. The van der Waals surface area contributed by atoms with Crippen LogP contribution in [0.2, 0.25) is 0 Å². The third-order valence-corrected chi connectivity index (χ3v) is 3.82. The minimum absolute atomic E-state index is 0.364. The van der Waals surface area contributed by atoms with Crippen LogP contribution in [0, 0.1) is 0 Å². The zero-order chi connectivity index (χ0) is 16.1. The van der Waals surface area contributed by atoms with E-state index < -0.39 is 24.0 Å². The van der Waals surface area contributed by atoms with Crippen LogP contribution in [0.5, 0.6) is 0 Å². The first-order chi connectivity index (χ1) is 10.1. The summed E-state index contributed by atoms with van der Waals surface area (Å²) in [6, 6.07) is -1.73. The van der Waals surface area contributed by atoms with E-state index in [1.54, 1.807) is 0 Å². The molecular weight excluding hydrogens is 316 g/mol. The van der Waals surface area contributed by atoms with Crippen molar-refractivity contribution >= 4 is 48.3 Å². The summed E-state index contributed by atoms with van der Waals surface area (Å²) in [5.41, 5.74) is 0. The van der Waals surface area contributed by atoms with Gasteiger partial charge in [-0.2, -0.15) is 23.5 Å². The van der Waals surface area contributed by atoms with E-state index in [1.807, 2.05) is 12.5 Å². The van der Waals surface area contributed by atoms with Crippen molar-refractivity contribution in [2.45, 2.75) is 24.9 Å². The third kappa shape index (κ3) is 8.61. The highest BCUT2D eigenvalue weighted by Gasteiger charge is 2.26. The second kappa shape index (κ2) is 12.5. The molecule has 0 rings (SSSR count). The Balaban J connectivity index is 4.55. The predicted octanol–water partition coefficient (Wildman–Crippen LogP) is -0.208. The Labute approximate surface area is 132 Å². The molecule has 2 amide bonds. The van der Waals surface area contributed by atoms with Gasteiger partial charge in [-0.25, -0.2) is 9.59 Å². The number of hydrogen-bond donors (Lipinski definition) is 2. The molecule has 0 heterocycles. The van der Waals surface area contributed by atoms with Crippen LogP contribution in [-0.2, 0) is 23.9 Å². The molecule has 0 saturated heterocycles. The molecule has 2 atom stereocenters. The number of thioether (sulfide) groups is 2. The van der Waals surface area contributed by atoms with E-state index in [2.05, 4.69) is 10.6 Å². The summed E-state index contributed by atoms with van der Waals surface area (Å²) in [4.78, 5) is 44.6. The van der Waals surface area contributed by atoms with Gasteiger partial charge in [0.15, 0.2) is 0 Å². The van der Waals surface area contributed by atoms with E-state index >= 15 is 0 Å². The lowest BCUT2D eigenvalue weighted by molar-refractivity contribution is -0.163. The van der Waals surface area contributed by atoms with Gasteiger partial charge >= 0.3 is 11.9 Å². The van der Waals surface area contributed by atoms with Crippen LogP contribution in [0.3, 0.4) is 0 Å². The number of amides is 2. The van der Waals surface area contributed by atoms with Crippen LogP contribution in [0.4, 0.5) is 0 Å². The van der Waals surface area contributed by atoms with Crippen molar-refractivity contribution in [1.29, 1.82) is 0 Å². The van der Waals surface area contributed by atoms with Crippen molar-refractivity contribution in [1.82, 2.24) is 10.6 Å². The van der Waals surface area contributed by atoms with E-state index in [4.69, 9.17) is 4.74 Å². The second-order valence-corrected chi connectivity index (χ2v) is 5.95. The first kappa shape index (κ1) is 19.8. The predicted molar refractivity (Wildman–Crippen MR) is 83.1 cm³/mol. The highest BCUT2D eigenvalue weighted by atomic mass is 32.2. The quantitative estimate of drug-likeness (QED) is 0.289. The first-order valence-corrected chi connectivity index (χ1v) is 9.02. The smallest absolute Gasteiger partial charge is 0.336 e. The standard InChI is InChI=1S/C12H20N2O5S2/c1-20-5-3-9(13-7-15)11(17)19-12(18)10(14-8-16)4-6-21-2/h7-10H,3-6H2,1-2H3,(H,13,15)(H,14,16)/t9-,10?/m0/s1. The van der Waals surface area contributed by atoms with Crippen LogP contribution in [-0.4, -0.2) is 60.9 Å². The Hall–Kier alpha value is -1.22. The lowest BCUT2D eigenvalue weighted by atomic mass is 10.2. The summed E-state index contributed by atoms with van der Waals surface area (Å²) in [6.45, 7) is 0. The maximum absolute atomic E-state index is 11.8. The number of nitrogens with one attached hydrogen (secondary N) is 2. The molecule has 120 valence electrons. The van der Waals surface area contributed by atoms with E-state index in [1.165, 1.54) is 23.5 Å². The van der Waals surface area contributed by atoms with Crippen LogP contribution in [0.15, 0.2) is 0 Å². The maximum Gasteiger partial charge on any atom is 0.336 e. The van der Waals surface area contributed by atoms with Gasteiger partial charge in [0.1, 0.15) is 12.1 Å². The molecule has 21 heavy (non-hydrogen) atoms.